The van der Waals surface area contributed by atoms with Crippen molar-refractivity contribution in [2.75, 3.05) is 7.11 Å². The molecule has 1 amide bonds. The van der Waals surface area contributed by atoms with E-state index in [9.17, 15) is 14.0 Å². The summed E-state index contributed by atoms with van der Waals surface area (Å²) in [5, 5.41) is 9.46. The zero-order chi connectivity index (χ0) is 17.9. The van der Waals surface area contributed by atoms with Gasteiger partial charge in [0, 0.05) is 16.8 Å². The Morgan fingerprint density at radius 2 is 1.96 bits per heavy atom. The largest absolute Gasteiger partial charge is 0.467 e. The summed E-state index contributed by atoms with van der Waals surface area (Å²) in [5.74, 6) is -2.29. The number of halogens is 1. The molecule has 24 heavy (non-hydrogen) atoms. The smallest absolute Gasteiger partial charge is 0.333 e. The lowest BCUT2D eigenvalue weighted by molar-refractivity contribution is -0.145. The maximum absolute atomic E-state index is 14.0. The number of rotatable bonds is 5. The van der Waals surface area contributed by atoms with Crippen LogP contribution < -0.4 is 5.32 Å². The second-order valence-electron chi connectivity index (χ2n) is 5.56. The van der Waals surface area contributed by atoms with Crippen molar-refractivity contribution in [3.05, 3.63) is 52.6 Å². The Labute approximate surface area is 139 Å². The van der Waals surface area contributed by atoms with Gasteiger partial charge in [-0.1, -0.05) is 18.2 Å². The Kier molecular flexibility index (Phi) is 5.33. The van der Waals surface area contributed by atoms with E-state index in [-0.39, 0.29) is 5.56 Å². The van der Waals surface area contributed by atoms with Gasteiger partial charge in [0.05, 0.1) is 18.7 Å². The minimum atomic E-state index is -1.21. The third-order valence-electron chi connectivity index (χ3n) is 3.95. The van der Waals surface area contributed by atoms with Crippen LogP contribution in [0.3, 0.4) is 0 Å². The van der Waals surface area contributed by atoms with Crippen molar-refractivity contribution in [1.29, 1.82) is 0 Å². The van der Waals surface area contributed by atoms with Gasteiger partial charge >= 0.3 is 5.97 Å². The van der Waals surface area contributed by atoms with Crippen molar-refractivity contribution in [2.45, 2.75) is 32.7 Å². The Morgan fingerprint density at radius 3 is 2.50 bits per heavy atom. The molecule has 0 fully saturated rings. The van der Waals surface area contributed by atoms with Gasteiger partial charge in [-0.3, -0.25) is 9.89 Å². The Balaban J connectivity index is 2.28. The molecule has 7 heteroatoms. The molecule has 0 aliphatic heterocycles. The van der Waals surface area contributed by atoms with Crippen molar-refractivity contribution in [3.8, 4) is 0 Å². The summed E-state index contributed by atoms with van der Waals surface area (Å²) >= 11 is 0. The van der Waals surface area contributed by atoms with Gasteiger partial charge in [-0.05, 0) is 26.8 Å². The molecule has 0 unspecified atom stereocenters. The maximum Gasteiger partial charge on any atom is 0.333 e. The highest BCUT2D eigenvalue weighted by molar-refractivity contribution is 5.89. The molecular weight excluding hydrogens is 313 g/mol. The first kappa shape index (κ1) is 17.7. The number of ether oxygens (including phenoxy) is 1. The van der Waals surface area contributed by atoms with Gasteiger partial charge in [0.1, 0.15) is 5.82 Å². The number of H-pyrrole nitrogens is 1. The molecule has 0 saturated carbocycles. The Hall–Kier alpha value is -2.70. The molecule has 2 N–H and O–H groups in total. The zero-order valence-corrected chi connectivity index (χ0v) is 14.0. The van der Waals surface area contributed by atoms with Gasteiger partial charge in [0.2, 0.25) is 5.91 Å². The van der Waals surface area contributed by atoms with Gasteiger partial charge < -0.3 is 10.1 Å². The van der Waals surface area contributed by atoms with Crippen LogP contribution in [0.25, 0.3) is 0 Å². The van der Waals surface area contributed by atoms with Gasteiger partial charge in [0.25, 0.3) is 0 Å². The van der Waals surface area contributed by atoms with Crippen LogP contribution in [0.2, 0.25) is 0 Å². The predicted molar refractivity (Wildman–Crippen MR) is 85.8 cm³/mol. The fourth-order valence-electron chi connectivity index (χ4n) is 2.69. The van der Waals surface area contributed by atoms with Crippen molar-refractivity contribution >= 4 is 11.9 Å². The van der Waals surface area contributed by atoms with Gasteiger partial charge in [-0.25, -0.2) is 9.18 Å². The molecule has 2 rings (SSSR count). The lowest BCUT2D eigenvalue weighted by Crippen LogP contribution is -2.37. The molecule has 0 radical (unpaired) electrons. The first-order chi connectivity index (χ1) is 11.4. The number of carbonyl (C=O) groups excluding carboxylic acids is 2. The van der Waals surface area contributed by atoms with Crippen LogP contribution in [0.5, 0.6) is 0 Å². The molecule has 0 bridgehead atoms. The molecule has 0 aliphatic carbocycles. The maximum atomic E-state index is 14.0. The average Bonchev–Trinajstić information content (AvgIpc) is 2.90. The van der Waals surface area contributed by atoms with Gasteiger partial charge in [-0.2, -0.15) is 5.10 Å². The van der Waals surface area contributed by atoms with Crippen molar-refractivity contribution in [3.63, 3.8) is 0 Å². The van der Waals surface area contributed by atoms with E-state index in [4.69, 9.17) is 4.74 Å². The fraction of sp³-hybridized carbons (Fsp3) is 0.353. The average molecular weight is 333 g/mol. The van der Waals surface area contributed by atoms with E-state index in [1.165, 1.54) is 25.3 Å². The molecular formula is C17H20FN3O3. The number of benzene rings is 1. The Bertz CT molecular complexity index is 738. The summed E-state index contributed by atoms with van der Waals surface area (Å²) in [6.45, 7) is 5.31. The SMILES string of the molecule is COC(=O)[C@@H](NC(=O)[C@@H](C)c1c(C)n[nH]c1C)c1ccccc1F. The topological polar surface area (TPSA) is 84.1 Å². The molecule has 1 aromatic heterocycles. The number of amides is 1. The number of hydrogen-bond donors (Lipinski definition) is 2. The summed E-state index contributed by atoms with van der Waals surface area (Å²) in [5.41, 5.74) is 2.29. The van der Waals surface area contributed by atoms with Crippen LogP contribution in [-0.2, 0) is 14.3 Å². The lowest BCUT2D eigenvalue weighted by Gasteiger charge is -2.20. The van der Waals surface area contributed by atoms with Crippen molar-refractivity contribution < 1.29 is 18.7 Å². The van der Waals surface area contributed by atoms with E-state index in [1.54, 1.807) is 19.9 Å². The lowest BCUT2D eigenvalue weighted by atomic mass is 9.97. The zero-order valence-electron chi connectivity index (χ0n) is 14.0. The number of nitrogens with one attached hydrogen (secondary N) is 2. The standard InChI is InChI=1S/C17H20FN3O3/c1-9(14-10(2)20-21-11(14)3)16(22)19-15(17(23)24-4)12-7-5-6-8-13(12)18/h5-9,15H,1-4H3,(H,19,22)(H,20,21)/t9-,15-/m0/s1. The van der Waals surface area contributed by atoms with E-state index in [0.29, 0.717) is 5.69 Å². The number of carbonyl (C=O) groups is 2. The normalized spacial score (nSPS) is 13.2. The number of aryl methyl sites for hydroxylation is 2. The molecule has 0 saturated heterocycles. The number of aromatic amines is 1. The van der Waals surface area contributed by atoms with Gasteiger partial charge in [-0.15, -0.1) is 0 Å². The van der Waals surface area contributed by atoms with Crippen LogP contribution in [0.15, 0.2) is 24.3 Å². The van der Waals surface area contributed by atoms with E-state index in [0.717, 1.165) is 11.3 Å². The van der Waals surface area contributed by atoms with E-state index < -0.39 is 29.7 Å². The number of hydrogen-bond acceptors (Lipinski definition) is 4. The van der Waals surface area contributed by atoms with Crippen LogP contribution in [0, 0.1) is 19.7 Å². The number of nitrogens with zero attached hydrogens (tertiary/aromatic N) is 1. The summed E-state index contributed by atoms with van der Waals surface area (Å²) in [4.78, 5) is 24.6. The summed E-state index contributed by atoms with van der Waals surface area (Å²) < 4.78 is 18.7. The van der Waals surface area contributed by atoms with E-state index in [1.807, 2.05) is 6.92 Å². The van der Waals surface area contributed by atoms with Gasteiger partial charge in [0.15, 0.2) is 6.04 Å². The van der Waals surface area contributed by atoms with Crippen LogP contribution in [-0.4, -0.2) is 29.2 Å². The summed E-state index contributed by atoms with van der Waals surface area (Å²) in [6.07, 6.45) is 0. The number of esters is 1. The molecule has 2 aromatic rings. The third-order valence-corrected chi connectivity index (χ3v) is 3.95. The highest BCUT2D eigenvalue weighted by Gasteiger charge is 2.29. The minimum absolute atomic E-state index is 0.0607. The van der Waals surface area contributed by atoms with E-state index in [2.05, 4.69) is 15.5 Å². The van der Waals surface area contributed by atoms with E-state index >= 15 is 0 Å². The highest BCUT2D eigenvalue weighted by Crippen LogP contribution is 2.24. The first-order valence-electron chi connectivity index (χ1n) is 7.50. The fourth-order valence-corrected chi connectivity index (χ4v) is 2.69. The quantitative estimate of drug-likeness (QED) is 0.822. The monoisotopic (exact) mass is 333 g/mol. The Morgan fingerprint density at radius 1 is 1.29 bits per heavy atom. The second kappa shape index (κ2) is 7.25. The molecule has 0 aliphatic rings. The molecule has 0 spiro atoms. The molecule has 2 atom stereocenters. The third kappa shape index (κ3) is 3.45. The molecule has 128 valence electrons. The summed E-state index contributed by atoms with van der Waals surface area (Å²) in [6, 6.07) is 4.56. The molecule has 6 nitrogen and oxygen atoms in total. The first-order valence-corrected chi connectivity index (χ1v) is 7.50. The van der Waals surface area contributed by atoms with Crippen LogP contribution in [0.1, 0.15) is 41.4 Å². The van der Waals surface area contributed by atoms with Crippen molar-refractivity contribution in [1.82, 2.24) is 15.5 Å². The summed E-state index contributed by atoms with van der Waals surface area (Å²) in [7, 11) is 1.19. The predicted octanol–water partition coefficient (Wildman–Crippen LogP) is 2.30. The second-order valence-corrected chi connectivity index (χ2v) is 5.56. The van der Waals surface area contributed by atoms with Crippen molar-refractivity contribution in [2.24, 2.45) is 0 Å². The molecule has 1 aromatic carbocycles. The van der Waals surface area contributed by atoms with Crippen LogP contribution >= 0.6 is 0 Å². The minimum Gasteiger partial charge on any atom is -0.467 e. The highest BCUT2D eigenvalue weighted by atomic mass is 19.1. The molecule has 1 heterocycles. The van der Waals surface area contributed by atoms with Crippen LogP contribution in [0.4, 0.5) is 4.39 Å². The number of methoxy groups -OCH3 is 1. The number of aromatic nitrogens is 2.